The van der Waals surface area contributed by atoms with Gasteiger partial charge in [-0.15, -0.1) is 0 Å². The largest absolute Gasteiger partial charge is 0.349 e. The van der Waals surface area contributed by atoms with Gasteiger partial charge in [-0.3, -0.25) is 19.7 Å². The molecule has 2 aliphatic heterocycles. The molecule has 9 nitrogen and oxygen atoms in total. The van der Waals surface area contributed by atoms with Gasteiger partial charge in [0, 0.05) is 43.7 Å². The lowest BCUT2D eigenvalue weighted by Crippen LogP contribution is -2.52. The summed E-state index contributed by atoms with van der Waals surface area (Å²) in [6, 6.07) is 11.5. The van der Waals surface area contributed by atoms with E-state index in [2.05, 4.69) is 10.0 Å². The van der Waals surface area contributed by atoms with Crippen LogP contribution in [0, 0.1) is 0 Å². The number of hydrogen-bond donors (Lipinski definition) is 2. The molecule has 2 aromatic carbocycles. The Balaban J connectivity index is 1.35. The molecule has 0 spiro atoms. The number of aromatic nitrogens is 1. The first kappa shape index (κ1) is 21.4. The molecular weight excluding hydrogens is 444 g/mol. The summed E-state index contributed by atoms with van der Waals surface area (Å²) in [5, 5.41) is 3.11. The Hall–Kier alpha value is -3.50. The van der Waals surface area contributed by atoms with Gasteiger partial charge in [0.05, 0.1) is 5.52 Å². The monoisotopic (exact) mass is 466 g/mol. The molecule has 1 saturated heterocycles. The number of hydrogen-bond acceptors (Lipinski definition) is 5. The highest BCUT2D eigenvalue weighted by Crippen LogP contribution is 2.29. The zero-order chi connectivity index (χ0) is 23.3. The molecule has 10 heteroatoms. The number of imide groups is 1. The van der Waals surface area contributed by atoms with Crippen LogP contribution in [0.3, 0.4) is 0 Å². The van der Waals surface area contributed by atoms with Crippen LogP contribution in [0.1, 0.15) is 34.3 Å². The minimum absolute atomic E-state index is 0.0160. The van der Waals surface area contributed by atoms with Crippen molar-refractivity contribution in [2.75, 3.05) is 0 Å². The highest BCUT2D eigenvalue weighted by atomic mass is 32.2. The highest BCUT2D eigenvalue weighted by molar-refractivity contribution is 7.89. The number of piperidine rings is 1. The SMILES string of the molecule is Cn1ccc2cccc(S(=O)(=O)NCc3ccc4c(c3)C(=O)N(C3CCC(=O)NC3=O)C4)c21. The van der Waals surface area contributed by atoms with Crippen molar-refractivity contribution < 1.29 is 22.8 Å². The number of nitrogens with zero attached hydrogens (tertiary/aromatic N) is 2. The van der Waals surface area contributed by atoms with E-state index < -0.39 is 22.0 Å². The molecular formula is C23H22N4O5S. The van der Waals surface area contributed by atoms with E-state index in [1.54, 1.807) is 41.9 Å². The van der Waals surface area contributed by atoms with Crippen LogP contribution >= 0.6 is 0 Å². The molecule has 2 aliphatic rings. The lowest BCUT2D eigenvalue weighted by Gasteiger charge is -2.29. The molecule has 0 saturated carbocycles. The Kier molecular flexibility index (Phi) is 5.06. The van der Waals surface area contributed by atoms with Crippen molar-refractivity contribution in [3.8, 4) is 0 Å². The molecule has 0 bridgehead atoms. The predicted octanol–water partition coefficient (Wildman–Crippen LogP) is 1.42. The number of aryl methyl sites for hydroxylation is 1. The van der Waals surface area contributed by atoms with Gasteiger partial charge in [0.25, 0.3) is 5.91 Å². The van der Waals surface area contributed by atoms with Crippen molar-refractivity contribution >= 4 is 38.6 Å². The third-order valence-corrected chi connectivity index (χ3v) is 7.64. The summed E-state index contributed by atoms with van der Waals surface area (Å²) in [4.78, 5) is 38.2. The number of para-hydroxylation sites is 1. The van der Waals surface area contributed by atoms with Crippen LogP contribution in [-0.2, 0) is 39.7 Å². The van der Waals surface area contributed by atoms with Crippen molar-refractivity contribution in [2.45, 2.75) is 36.9 Å². The van der Waals surface area contributed by atoms with Crippen LogP contribution in [0.25, 0.3) is 10.9 Å². The zero-order valence-electron chi connectivity index (χ0n) is 17.9. The minimum atomic E-state index is -3.80. The number of carbonyl (C=O) groups is 3. The van der Waals surface area contributed by atoms with E-state index in [4.69, 9.17) is 0 Å². The van der Waals surface area contributed by atoms with E-state index in [-0.39, 0.29) is 36.2 Å². The minimum Gasteiger partial charge on any atom is -0.349 e. The molecule has 0 aliphatic carbocycles. The Morgan fingerprint density at radius 1 is 1.12 bits per heavy atom. The molecule has 1 atom stereocenters. The van der Waals surface area contributed by atoms with Gasteiger partial charge in [0.1, 0.15) is 10.9 Å². The summed E-state index contributed by atoms with van der Waals surface area (Å²) in [7, 11) is -2.00. The lowest BCUT2D eigenvalue weighted by atomic mass is 10.0. The fourth-order valence-corrected chi connectivity index (χ4v) is 5.79. The number of carbonyl (C=O) groups excluding carboxylic acids is 3. The average molecular weight is 467 g/mol. The maximum atomic E-state index is 13.0. The van der Waals surface area contributed by atoms with Crippen molar-refractivity contribution in [3.63, 3.8) is 0 Å². The molecule has 1 aromatic heterocycles. The van der Waals surface area contributed by atoms with Crippen LogP contribution in [0.4, 0.5) is 0 Å². The van der Waals surface area contributed by atoms with Crippen molar-refractivity contribution in [2.24, 2.45) is 7.05 Å². The molecule has 3 heterocycles. The summed E-state index contributed by atoms with van der Waals surface area (Å²) in [5.41, 5.74) is 2.47. The summed E-state index contributed by atoms with van der Waals surface area (Å²) >= 11 is 0. The van der Waals surface area contributed by atoms with Gasteiger partial charge in [-0.1, -0.05) is 24.3 Å². The molecule has 33 heavy (non-hydrogen) atoms. The molecule has 1 fully saturated rings. The molecule has 2 N–H and O–H groups in total. The van der Waals surface area contributed by atoms with E-state index in [0.717, 1.165) is 10.9 Å². The van der Waals surface area contributed by atoms with Gasteiger partial charge in [-0.05, 0) is 35.7 Å². The zero-order valence-corrected chi connectivity index (χ0v) is 18.7. The molecule has 1 unspecified atom stereocenters. The van der Waals surface area contributed by atoms with Crippen LogP contribution in [0.15, 0.2) is 53.6 Å². The van der Waals surface area contributed by atoms with Crippen LogP contribution in [-0.4, -0.2) is 41.6 Å². The van der Waals surface area contributed by atoms with E-state index in [1.807, 2.05) is 18.3 Å². The first-order valence-corrected chi connectivity index (χ1v) is 12.0. The van der Waals surface area contributed by atoms with Gasteiger partial charge < -0.3 is 9.47 Å². The van der Waals surface area contributed by atoms with E-state index in [0.29, 0.717) is 23.1 Å². The summed E-state index contributed by atoms with van der Waals surface area (Å²) in [6.45, 7) is 0.296. The van der Waals surface area contributed by atoms with E-state index in [1.165, 1.54) is 4.90 Å². The molecule has 0 radical (unpaired) electrons. The van der Waals surface area contributed by atoms with E-state index >= 15 is 0 Å². The smallest absolute Gasteiger partial charge is 0.255 e. The van der Waals surface area contributed by atoms with Gasteiger partial charge in [-0.2, -0.15) is 0 Å². The molecule has 3 amide bonds. The van der Waals surface area contributed by atoms with Crippen molar-refractivity contribution in [3.05, 3.63) is 65.4 Å². The first-order valence-electron chi connectivity index (χ1n) is 10.5. The predicted molar refractivity (Wildman–Crippen MR) is 119 cm³/mol. The number of fused-ring (bicyclic) bond motifs is 2. The van der Waals surface area contributed by atoms with Crippen LogP contribution < -0.4 is 10.0 Å². The first-order chi connectivity index (χ1) is 15.7. The number of nitrogens with one attached hydrogen (secondary N) is 2. The Morgan fingerprint density at radius 3 is 2.73 bits per heavy atom. The molecule has 170 valence electrons. The third-order valence-electron chi connectivity index (χ3n) is 6.21. The molecule has 5 rings (SSSR count). The number of amides is 3. The topological polar surface area (TPSA) is 118 Å². The van der Waals surface area contributed by atoms with Gasteiger partial charge in [-0.25, -0.2) is 13.1 Å². The number of benzene rings is 2. The van der Waals surface area contributed by atoms with Gasteiger partial charge in [0.15, 0.2) is 0 Å². The second-order valence-electron chi connectivity index (χ2n) is 8.34. The normalized spacial score (nSPS) is 18.6. The van der Waals surface area contributed by atoms with E-state index in [9.17, 15) is 22.8 Å². The van der Waals surface area contributed by atoms with Gasteiger partial charge >= 0.3 is 0 Å². The standard InChI is InChI=1S/C23H22N4O5S/c1-26-10-9-15-3-2-4-19(21(15)26)33(31,32)24-12-14-5-6-16-13-27(23(30)17(16)11-14)18-7-8-20(28)25-22(18)29/h2-6,9-11,18,24H,7-8,12-13H2,1H3,(H,25,28,29). The van der Waals surface area contributed by atoms with Crippen molar-refractivity contribution in [1.29, 1.82) is 0 Å². The highest BCUT2D eigenvalue weighted by Gasteiger charge is 2.39. The molecule has 3 aromatic rings. The summed E-state index contributed by atoms with van der Waals surface area (Å²) in [6.07, 6.45) is 2.29. The second kappa shape index (κ2) is 7.82. The average Bonchev–Trinajstić information content (AvgIpc) is 3.32. The quantitative estimate of drug-likeness (QED) is 0.552. The number of rotatable bonds is 5. The van der Waals surface area contributed by atoms with Crippen LogP contribution in [0.2, 0.25) is 0 Å². The number of sulfonamides is 1. The fraction of sp³-hybridized carbons (Fsp3) is 0.261. The van der Waals surface area contributed by atoms with Gasteiger partial charge in [0.2, 0.25) is 21.8 Å². The van der Waals surface area contributed by atoms with Crippen LogP contribution in [0.5, 0.6) is 0 Å². The Morgan fingerprint density at radius 2 is 1.94 bits per heavy atom. The Labute approximate surface area is 190 Å². The third kappa shape index (κ3) is 3.70. The maximum absolute atomic E-state index is 13.0. The summed E-state index contributed by atoms with van der Waals surface area (Å²) < 4.78 is 30.4. The van der Waals surface area contributed by atoms with Crippen molar-refractivity contribution in [1.82, 2.24) is 19.5 Å². The maximum Gasteiger partial charge on any atom is 0.255 e. The lowest BCUT2D eigenvalue weighted by molar-refractivity contribution is -0.136. The second-order valence-corrected chi connectivity index (χ2v) is 10.1. The summed E-state index contributed by atoms with van der Waals surface area (Å²) in [5.74, 6) is -1.09. The Bertz CT molecular complexity index is 1430. The fourth-order valence-electron chi connectivity index (χ4n) is 4.50.